The maximum absolute atomic E-state index is 13.1. The summed E-state index contributed by atoms with van der Waals surface area (Å²) in [6.07, 6.45) is 3.61. The Labute approximate surface area is 218 Å². The summed E-state index contributed by atoms with van der Waals surface area (Å²) in [5, 5.41) is 10.2. The number of carbonyl (C=O) groups is 1. The Kier molecular flexibility index (Phi) is 8.02. The third-order valence-electron chi connectivity index (χ3n) is 5.14. The molecule has 1 N–H and O–H groups in total. The number of thioether (sulfide) groups is 2. The number of fused-ring (bicyclic) bond motifs is 1. The van der Waals surface area contributed by atoms with E-state index in [-0.39, 0.29) is 14.8 Å². The fourth-order valence-electron chi connectivity index (χ4n) is 3.52. The standard InChI is InChI=1S/C21H19N4O5PS4/c1-3-23-13-9-12(10-22)5-6-14(13)33-16(23)8-7-15-18(26)24(4-2)20(34-15)17-19(27)25(21(32)35-17)11-30-31(28)29/h5-9,31H,3-4,11H2,1-2H3,(H,28,29)/b15-7+,16-8-,20-17-. The van der Waals surface area contributed by atoms with Crippen molar-refractivity contribution in [3.63, 3.8) is 0 Å². The van der Waals surface area contributed by atoms with E-state index in [2.05, 4.69) is 15.5 Å². The van der Waals surface area contributed by atoms with E-state index >= 15 is 0 Å². The molecule has 1 amide bonds. The van der Waals surface area contributed by atoms with Crippen LogP contribution in [0.5, 0.6) is 0 Å². The van der Waals surface area contributed by atoms with Gasteiger partial charge >= 0.3 is 8.25 Å². The van der Waals surface area contributed by atoms with Crippen molar-refractivity contribution in [2.75, 3.05) is 18.2 Å². The Balaban J connectivity index is 1.75. The molecule has 2 aliphatic rings. The summed E-state index contributed by atoms with van der Waals surface area (Å²) in [7, 11) is -3.22. The fourth-order valence-corrected chi connectivity index (χ4v) is 7.36. The summed E-state index contributed by atoms with van der Waals surface area (Å²) in [5.41, 5.74) is 1.32. The second kappa shape index (κ2) is 10.8. The summed E-state index contributed by atoms with van der Waals surface area (Å²) in [5.74, 6) is -0.469. The lowest BCUT2D eigenvalue weighted by Crippen LogP contribution is -2.33. The topological polar surface area (TPSA) is 116 Å². The summed E-state index contributed by atoms with van der Waals surface area (Å²) >= 11 is 9.02. The number of hydrogen-bond donors (Lipinski definition) is 1. The van der Waals surface area contributed by atoms with E-state index < -0.39 is 20.9 Å². The minimum Gasteiger partial charge on any atom is -0.335 e. The summed E-state index contributed by atoms with van der Waals surface area (Å²) in [6, 6.07) is 7.71. The largest absolute Gasteiger partial charge is 0.335 e. The van der Waals surface area contributed by atoms with Crippen LogP contribution in [0.4, 0.5) is 5.69 Å². The molecule has 1 saturated heterocycles. The third-order valence-corrected chi connectivity index (χ3v) is 9.36. The minimum absolute atomic E-state index is 0.194. The molecule has 2 aromatic rings. The highest BCUT2D eigenvalue weighted by Crippen LogP contribution is 2.46. The molecule has 2 aliphatic heterocycles. The van der Waals surface area contributed by atoms with E-state index in [0.717, 1.165) is 32.3 Å². The number of thiocarbonyl (C=S) groups is 1. The first kappa shape index (κ1) is 25.9. The van der Waals surface area contributed by atoms with Crippen molar-refractivity contribution in [1.82, 2.24) is 9.47 Å². The number of nitrogens with zero attached hydrogens (tertiary/aromatic N) is 4. The number of nitriles is 1. The molecule has 1 unspecified atom stereocenters. The van der Waals surface area contributed by atoms with Crippen LogP contribution in [0.1, 0.15) is 19.4 Å². The first-order valence-corrected chi connectivity index (χ1v) is 14.5. The normalized spacial score (nSPS) is 19.6. The Morgan fingerprint density at radius 3 is 2.63 bits per heavy atom. The van der Waals surface area contributed by atoms with Gasteiger partial charge in [0, 0.05) is 18.0 Å². The highest BCUT2D eigenvalue weighted by atomic mass is 32.2. The number of amides is 1. The monoisotopic (exact) mass is 566 g/mol. The van der Waals surface area contributed by atoms with Crippen LogP contribution in [0, 0.1) is 11.3 Å². The zero-order valence-corrected chi connectivity index (χ0v) is 22.8. The maximum atomic E-state index is 13.1. The molecular weight excluding hydrogens is 547 g/mol. The zero-order chi connectivity index (χ0) is 25.3. The Bertz CT molecular complexity index is 1510. The molecule has 0 aliphatic carbocycles. The van der Waals surface area contributed by atoms with Crippen molar-refractivity contribution in [3.05, 3.63) is 54.4 Å². The second-order valence-corrected chi connectivity index (χ2v) is 11.7. The molecule has 1 atom stereocenters. The van der Waals surface area contributed by atoms with E-state index in [0.29, 0.717) is 27.8 Å². The first-order valence-electron chi connectivity index (χ1n) is 10.3. The average molecular weight is 567 g/mol. The molecule has 0 bridgehead atoms. The first-order chi connectivity index (χ1) is 16.8. The summed E-state index contributed by atoms with van der Waals surface area (Å²) in [6.45, 7) is 4.46. The number of carbonyl (C=O) groups excluding carboxylic acids is 1. The molecule has 1 aromatic heterocycles. The predicted molar refractivity (Wildman–Crippen MR) is 144 cm³/mol. The van der Waals surface area contributed by atoms with Crippen molar-refractivity contribution < 1.29 is 18.8 Å². The van der Waals surface area contributed by atoms with Gasteiger partial charge in [0.15, 0.2) is 0 Å². The lowest BCUT2D eigenvalue weighted by atomic mass is 10.2. The van der Waals surface area contributed by atoms with E-state index in [4.69, 9.17) is 17.1 Å². The van der Waals surface area contributed by atoms with Crippen LogP contribution in [0.15, 0.2) is 39.0 Å². The summed E-state index contributed by atoms with van der Waals surface area (Å²) < 4.78 is 18.2. The highest BCUT2D eigenvalue weighted by molar-refractivity contribution is 8.30. The number of allylic oxidation sites excluding steroid dienone is 1. The smallest absolute Gasteiger partial charge is 0.318 e. The van der Waals surface area contributed by atoms with Gasteiger partial charge in [0.2, 0.25) is 0 Å². The molecule has 1 aromatic carbocycles. The fraction of sp³-hybridized carbons (Fsp3) is 0.238. The molecule has 14 heteroatoms. The SMILES string of the molecule is CCN1/C(=C/C=c2/s/c(=C3\SC(=S)N(CO[PH](=O)O)C3=O)n(CC)c2=O)Sc2ccc(C#N)cc21. The van der Waals surface area contributed by atoms with Crippen LogP contribution in [0.25, 0.3) is 11.0 Å². The van der Waals surface area contributed by atoms with Gasteiger partial charge in [-0.1, -0.05) is 35.7 Å². The van der Waals surface area contributed by atoms with E-state index in [9.17, 15) is 19.4 Å². The van der Waals surface area contributed by atoms with Crippen LogP contribution < -0.4 is 19.7 Å². The van der Waals surface area contributed by atoms with Gasteiger partial charge in [-0.2, -0.15) is 5.26 Å². The molecule has 3 heterocycles. The van der Waals surface area contributed by atoms with Gasteiger partial charge < -0.3 is 9.79 Å². The minimum atomic E-state index is -3.22. The van der Waals surface area contributed by atoms with Gasteiger partial charge in [-0.05, 0) is 44.2 Å². The predicted octanol–water partition coefficient (Wildman–Crippen LogP) is 2.38. The van der Waals surface area contributed by atoms with Gasteiger partial charge in [-0.25, -0.2) is 0 Å². The Morgan fingerprint density at radius 2 is 1.97 bits per heavy atom. The molecule has 4 rings (SSSR count). The Morgan fingerprint density at radius 1 is 1.20 bits per heavy atom. The number of rotatable bonds is 6. The number of thiazole rings is 1. The molecule has 1 fully saturated rings. The number of benzene rings is 1. The quantitative estimate of drug-likeness (QED) is 0.413. The van der Waals surface area contributed by atoms with Crippen molar-refractivity contribution in [2.24, 2.45) is 0 Å². The Hall–Kier alpha value is -2.17. The number of aromatic nitrogens is 1. The van der Waals surface area contributed by atoms with Gasteiger partial charge in [-0.3, -0.25) is 28.1 Å². The highest BCUT2D eigenvalue weighted by Gasteiger charge is 2.34. The molecular formula is C21H19N4O5PS4. The summed E-state index contributed by atoms with van der Waals surface area (Å²) in [4.78, 5) is 39.4. The average Bonchev–Trinajstić information content (AvgIpc) is 3.45. The number of anilines is 1. The van der Waals surface area contributed by atoms with Crippen LogP contribution in [-0.4, -0.2) is 37.9 Å². The molecule has 0 radical (unpaired) electrons. The van der Waals surface area contributed by atoms with Gasteiger partial charge in [0.25, 0.3) is 11.5 Å². The van der Waals surface area contributed by atoms with E-state index in [1.54, 1.807) is 23.9 Å². The van der Waals surface area contributed by atoms with Gasteiger partial charge in [-0.15, -0.1) is 11.3 Å². The maximum Gasteiger partial charge on any atom is 0.318 e. The second-order valence-electron chi connectivity index (χ2n) is 7.10. The van der Waals surface area contributed by atoms with Crippen molar-refractivity contribution in [2.45, 2.75) is 25.3 Å². The van der Waals surface area contributed by atoms with Gasteiger partial charge in [0.05, 0.1) is 26.9 Å². The molecule has 182 valence electrons. The third kappa shape index (κ3) is 5.06. The molecule has 0 saturated carbocycles. The zero-order valence-electron chi connectivity index (χ0n) is 18.5. The van der Waals surface area contributed by atoms with Crippen LogP contribution in [0.3, 0.4) is 0 Å². The van der Waals surface area contributed by atoms with Crippen LogP contribution in [-0.2, 0) is 20.4 Å². The van der Waals surface area contributed by atoms with Crippen LogP contribution in [0.2, 0.25) is 0 Å². The molecule has 9 nitrogen and oxygen atoms in total. The lowest BCUT2D eigenvalue weighted by Gasteiger charge is -2.17. The van der Waals surface area contributed by atoms with Crippen LogP contribution >= 0.6 is 55.3 Å². The molecule has 0 spiro atoms. The molecule has 35 heavy (non-hydrogen) atoms. The number of hydrogen-bond acceptors (Lipinski definition) is 10. The van der Waals surface area contributed by atoms with Crippen molar-refractivity contribution >= 4 is 82.2 Å². The van der Waals surface area contributed by atoms with Gasteiger partial charge in [0.1, 0.15) is 20.6 Å². The van der Waals surface area contributed by atoms with Crippen molar-refractivity contribution in [3.8, 4) is 6.07 Å². The van der Waals surface area contributed by atoms with E-state index in [1.165, 1.54) is 15.9 Å². The lowest BCUT2D eigenvalue weighted by molar-refractivity contribution is -0.122. The van der Waals surface area contributed by atoms with Crippen molar-refractivity contribution in [1.29, 1.82) is 5.26 Å². The van der Waals surface area contributed by atoms with E-state index in [1.807, 2.05) is 32.1 Å².